The van der Waals surface area contributed by atoms with Crippen molar-refractivity contribution < 1.29 is 13.9 Å². The molecule has 130 valence electrons. The predicted molar refractivity (Wildman–Crippen MR) is 92.7 cm³/mol. The number of halogens is 1. The first kappa shape index (κ1) is 16.1. The maximum atomic E-state index is 13.2. The van der Waals surface area contributed by atoms with Gasteiger partial charge in [0, 0.05) is 6.54 Å². The number of carbonyl (C=O) groups excluding carboxylic acids is 1. The summed E-state index contributed by atoms with van der Waals surface area (Å²) in [5, 5.41) is 3.47. The molecule has 1 heterocycles. The molecule has 1 saturated heterocycles. The third kappa shape index (κ3) is 3.00. The summed E-state index contributed by atoms with van der Waals surface area (Å²) < 4.78 is 18.4. The van der Waals surface area contributed by atoms with Gasteiger partial charge in [0.05, 0.1) is 7.11 Å². The van der Waals surface area contributed by atoms with E-state index in [0.717, 1.165) is 36.1 Å². The van der Waals surface area contributed by atoms with Crippen LogP contribution in [0.1, 0.15) is 30.1 Å². The predicted octanol–water partition coefficient (Wildman–Crippen LogP) is 3.04. The summed E-state index contributed by atoms with van der Waals surface area (Å²) in [5.74, 6) is 0.720. The van der Waals surface area contributed by atoms with Crippen LogP contribution in [0, 0.1) is 5.82 Å². The molecule has 2 aromatic rings. The van der Waals surface area contributed by atoms with Crippen LogP contribution in [-0.2, 0) is 11.2 Å². The lowest BCUT2D eigenvalue weighted by Gasteiger charge is -2.24. The van der Waals surface area contributed by atoms with Gasteiger partial charge in [0.2, 0.25) is 5.91 Å². The standard InChI is InChI=1S/C20H21FN2O2/c1-25-17-8-2-14(3-9-17)10-13-23-18(15-4-6-16(21)7-5-15)22-20(11-12-20)19(23)24/h2-9,18,22H,10-13H2,1H3. The molecule has 2 aromatic carbocycles. The number of hydrogen-bond acceptors (Lipinski definition) is 3. The quantitative estimate of drug-likeness (QED) is 0.910. The van der Waals surface area contributed by atoms with Gasteiger partial charge >= 0.3 is 0 Å². The molecule has 0 radical (unpaired) electrons. The minimum absolute atomic E-state index is 0.162. The molecule has 0 aromatic heterocycles. The van der Waals surface area contributed by atoms with E-state index in [1.807, 2.05) is 29.2 Å². The highest BCUT2D eigenvalue weighted by Crippen LogP contribution is 2.45. The van der Waals surface area contributed by atoms with Crippen LogP contribution in [0.2, 0.25) is 0 Å². The molecule has 1 saturated carbocycles. The van der Waals surface area contributed by atoms with Gasteiger partial charge in [0.15, 0.2) is 0 Å². The summed E-state index contributed by atoms with van der Waals surface area (Å²) in [7, 11) is 1.64. The number of amides is 1. The highest BCUT2D eigenvalue weighted by Gasteiger charge is 2.59. The Morgan fingerprint density at radius 1 is 1.16 bits per heavy atom. The van der Waals surface area contributed by atoms with E-state index in [9.17, 15) is 9.18 Å². The number of nitrogens with one attached hydrogen (secondary N) is 1. The first-order valence-corrected chi connectivity index (χ1v) is 8.58. The molecule has 0 bridgehead atoms. The molecular weight excluding hydrogens is 319 g/mol. The monoisotopic (exact) mass is 340 g/mol. The fourth-order valence-electron chi connectivity index (χ4n) is 3.46. The Bertz CT molecular complexity index is 769. The van der Waals surface area contributed by atoms with Gasteiger partial charge in [-0.05, 0) is 54.7 Å². The van der Waals surface area contributed by atoms with Gasteiger partial charge in [0.25, 0.3) is 0 Å². The average Bonchev–Trinajstić information content (AvgIpc) is 3.37. The van der Waals surface area contributed by atoms with Gasteiger partial charge in [-0.3, -0.25) is 10.1 Å². The molecule has 2 fully saturated rings. The van der Waals surface area contributed by atoms with E-state index >= 15 is 0 Å². The lowest BCUT2D eigenvalue weighted by Crippen LogP contribution is -2.33. The fraction of sp³-hybridized carbons (Fsp3) is 0.350. The molecular formula is C20H21FN2O2. The van der Waals surface area contributed by atoms with E-state index in [1.54, 1.807) is 19.2 Å². The first-order chi connectivity index (χ1) is 12.1. The van der Waals surface area contributed by atoms with E-state index in [2.05, 4.69) is 5.32 Å². The Morgan fingerprint density at radius 3 is 2.44 bits per heavy atom. The van der Waals surface area contributed by atoms with E-state index in [4.69, 9.17) is 4.74 Å². The Kier molecular flexibility index (Phi) is 3.96. The Labute approximate surface area is 146 Å². The topological polar surface area (TPSA) is 41.6 Å². The highest BCUT2D eigenvalue weighted by atomic mass is 19.1. The zero-order chi connectivity index (χ0) is 17.4. The fourth-order valence-corrected chi connectivity index (χ4v) is 3.46. The van der Waals surface area contributed by atoms with Gasteiger partial charge in [0.1, 0.15) is 23.3 Å². The second kappa shape index (κ2) is 6.15. The maximum Gasteiger partial charge on any atom is 0.244 e. The zero-order valence-electron chi connectivity index (χ0n) is 14.2. The van der Waals surface area contributed by atoms with Gasteiger partial charge in [-0.25, -0.2) is 4.39 Å². The van der Waals surface area contributed by atoms with Crippen molar-refractivity contribution >= 4 is 5.91 Å². The van der Waals surface area contributed by atoms with Crippen LogP contribution < -0.4 is 10.1 Å². The molecule has 5 heteroatoms. The van der Waals surface area contributed by atoms with Crippen molar-refractivity contribution in [1.82, 2.24) is 10.2 Å². The van der Waals surface area contributed by atoms with Gasteiger partial charge in [-0.2, -0.15) is 0 Å². The molecule has 1 unspecified atom stereocenters. The molecule has 25 heavy (non-hydrogen) atoms. The van der Waals surface area contributed by atoms with E-state index in [1.165, 1.54) is 12.1 Å². The van der Waals surface area contributed by atoms with Crippen molar-refractivity contribution in [3.63, 3.8) is 0 Å². The van der Waals surface area contributed by atoms with Crippen LogP contribution in [0.5, 0.6) is 5.75 Å². The third-order valence-corrected chi connectivity index (χ3v) is 5.13. The first-order valence-electron chi connectivity index (χ1n) is 8.58. The number of ether oxygens (including phenoxy) is 1. The number of nitrogens with zero attached hydrogens (tertiary/aromatic N) is 1. The second-order valence-electron chi connectivity index (χ2n) is 6.78. The summed E-state index contributed by atoms with van der Waals surface area (Å²) >= 11 is 0. The molecule has 1 atom stereocenters. The van der Waals surface area contributed by atoms with Crippen LogP contribution in [-0.4, -0.2) is 30.0 Å². The molecule has 1 spiro atoms. The number of rotatable bonds is 5. The Morgan fingerprint density at radius 2 is 1.84 bits per heavy atom. The lowest BCUT2D eigenvalue weighted by molar-refractivity contribution is -0.130. The minimum atomic E-state index is -0.390. The molecule has 4 nitrogen and oxygen atoms in total. The lowest BCUT2D eigenvalue weighted by atomic mass is 10.1. The number of benzene rings is 2. The third-order valence-electron chi connectivity index (χ3n) is 5.13. The van der Waals surface area contributed by atoms with Crippen LogP contribution in [0.25, 0.3) is 0 Å². The van der Waals surface area contributed by atoms with Crippen LogP contribution in [0.15, 0.2) is 48.5 Å². The number of carbonyl (C=O) groups is 1. The SMILES string of the molecule is COc1ccc(CCN2C(=O)C3(CC3)NC2c2ccc(F)cc2)cc1. The molecule has 1 aliphatic carbocycles. The van der Waals surface area contributed by atoms with Crippen molar-refractivity contribution in [2.45, 2.75) is 31.0 Å². The highest BCUT2D eigenvalue weighted by molar-refractivity contribution is 5.92. The van der Waals surface area contributed by atoms with Gasteiger partial charge in [-0.1, -0.05) is 24.3 Å². The van der Waals surface area contributed by atoms with E-state index in [-0.39, 0.29) is 23.4 Å². The zero-order valence-corrected chi connectivity index (χ0v) is 14.2. The summed E-state index contributed by atoms with van der Waals surface area (Å²) in [5.41, 5.74) is 1.69. The van der Waals surface area contributed by atoms with Gasteiger partial charge in [-0.15, -0.1) is 0 Å². The second-order valence-corrected chi connectivity index (χ2v) is 6.78. The van der Waals surface area contributed by atoms with Crippen molar-refractivity contribution in [2.75, 3.05) is 13.7 Å². The molecule has 1 N–H and O–H groups in total. The molecule has 1 aliphatic heterocycles. The van der Waals surface area contributed by atoms with Crippen molar-refractivity contribution in [3.05, 3.63) is 65.5 Å². The summed E-state index contributed by atoms with van der Waals surface area (Å²) in [4.78, 5) is 14.7. The Hall–Kier alpha value is -2.40. The number of hydrogen-bond donors (Lipinski definition) is 1. The van der Waals surface area contributed by atoms with Crippen molar-refractivity contribution in [3.8, 4) is 5.75 Å². The van der Waals surface area contributed by atoms with Crippen molar-refractivity contribution in [2.24, 2.45) is 0 Å². The molecule has 4 rings (SSSR count). The number of methoxy groups -OCH3 is 1. The Balaban J connectivity index is 1.52. The van der Waals surface area contributed by atoms with E-state index in [0.29, 0.717) is 6.54 Å². The van der Waals surface area contributed by atoms with E-state index < -0.39 is 0 Å². The van der Waals surface area contributed by atoms with Gasteiger partial charge < -0.3 is 9.64 Å². The summed E-state index contributed by atoms with van der Waals surface area (Å²) in [6, 6.07) is 14.3. The molecule has 1 amide bonds. The average molecular weight is 340 g/mol. The van der Waals surface area contributed by atoms with Crippen LogP contribution in [0.3, 0.4) is 0 Å². The maximum absolute atomic E-state index is 13.2. The van der Waals surface area contributed by atoms with Crippen molar-refractivity contribution in [1.29, 1.82) is 0 Å². The smallest absolute Gasteiger partial charge is 0.244 e. The minimum Gasteiger partial charge on any atom is -0.497 e. The normalized spacial score (nSPS) is 21.0. The largest absolute Gasteiger partial charge is 0.497 e. The molecule has 2 aliphatic rings. The van der Waals surface area contributed by atoms with Crippen LogP contribution >= 0.6 is 0 Å². The van der Waals surface area contributed by atoms with Crippen LogP contribution in [0.4, 0.5) is 4.39 Å². The summed E-state index contributed by atoms with van der Waals surface area (Å²) in [6.45, 7) is 0.627. The summed E-state index contributed by atoms with van der Waals surface area (Å²) in [6.07, 6.45) is 2.34.